The largest absolute Gasteiger partial charge is 0.490 e. The molecule has 0 bridgehead atoms. The number of nitrogens with two attached hydrogens (primary N) is 1. The minimum Gasteiger partial charge on any atom is -0.475 e. The number of carboxylic acids is 2. The molecule has 1 saturated heterocycles. The van der Waals surface area contributed by atoms with Crippen LogP contribution in [0.2, 0.25) is 0 Å². The quantitative estimate of drug-likeness (QED) is 0.528. The molecule has 0 aromatic heterocycles. The molecule has 0 amide bonds. The molecular weight excluding hydrogens is 330 g/mol. The van der Waals surface area contributed by atoms with Crippen LogP contribution in [-0.2, 0) is 14.3 Å². The van der Waals surface area contributed by atoms with Crippen molar-refractivity contribution in [2.45, 2.75) is 18.0 Å². The van der Waals surface area contributed by atoms with E-state index < -0.39 is 24.3 Å². The number of ether oxygens (including phenoxy) is 1. The first-order valence-corrected chi connectivity index (χ1v) is 5.28. The standard InChI is InChI=1S/C5H12N2O.2C2HF3O2/c1-8-5(2-6)3-7-4-5;2*3-2(4,5)1(6)7/h7H,2-4,6H2,1H3;2*(H,6,7). The van der Waals surface area contributed by atoms with Crippen molar-refractivity contribution < 1.29 is 50.9 Å². The van der Waals surface area contributed by atoms with Crippen LogP contribution >= 0.6 is 0 Å². The van der Waals surface area contributed by atoms with Crippen molar-refractivity contribution in [2.24, 2.45) is 5.73 Å². The average molecular weight is 344 g/mol. The molecule has 1 rings (SSSR count). The number of carbonyl (C=O) groups is 2. The van der Waals surface area contributed by atoms with E-state index in [-0.39, 0.29) is 5.60 Å². The smallest absolute Gasteiger partial charge is 0.475 e. The highest BCUT2D eigenvalue weighted by Gasteiger charge is 2.39. The number of nitrogens with one attached hydrogen (secondary N) is 1. The summed E-state index contributed by atoms with van der Waals surface area (Å²) in [5, 5.41) is 17.3. The first-order chi connectivity index (χ1) is 9.72. The summed E-state index contributed by atoms with van der Waals surface area (Å²) >= 11 is 0. The first-order valence-electron chi connectivity index (χ1n) is 5.28. The number of methoxy groups -OCH3 is 1. The second kappa shape index (κ2) is 8.75. The van der Waals surface area contributed by atoms with E-state index in [9.17, 15) is 26.3 Å². The van der Waals surface area contributed by atoms with Crippen molar-refractivity contribution in [3.8, 4) is 0 Å². The summed E-state index contributed by atoms with van der Waals surface area (Å²) in [6, 6.07) is 0. The molecule has 0 aromatic carbocycles. The molecule has 0 spiro atoms. The summed E-state index contributed by atoms with van der Waals surface area (Å²) in [5.41, 5.74) is 5.39. The summed E-state index contributed by atoms with van der Waals surface area (Å²) in [6.07, 6.45) is -10.2. The Hall–Kier alpha value is -1.60. The maximum absolute atomic E-state index is 10.6. The van der Waals surface area contributed by atoms with Gasteiger partial charge in [0, 0.05) is 26.7 Å². The normalized spacial score (nSPS) is 16.2. The fourth-order valence-electron chi connectivity index (χ4n) is 0.776. The number of hydrogen-bond acceptors (Lipinski definition) is 5. The number of alkyl halides is 6. The van der Waals surface area contributed by atoms with Gasteiger partial charge in [0.2, 0.25) is 0 Å². The van der Waals surface area contributed by atoms with Crippen LogP contribution in [0.1, 0.15) is 0 Å². The van der Waals surface area contributed by atoms with Crippen molar-refractivity contribution in [3.05, 3.63) is 0 Å². The Morgan fingerprint density at radius 3 is 1.36 bits per heavy atom. The van der Waals surface area contributed by atoms with Gasteiger partial charge in [-0.1, -0.05) is 0 Å². The van der Waals surface area contributed by atoms with Gasteiger partial charge in [-0.05, 0) is 0 Å². The maximum Gasteiger partial charge on any atom is 0.490 e. The summed E-state index contributed by atoms with van der Waals surface area (Å²) in [5.74, 6) is -5.51. The van der Waals surface area contributed by atoms with Gasteiger partial charge in [-0.15, -0.1) is 0 Å². The molecule has 22 heavy (non-hydrogen) atoms. The van der Waals surface area contributed by atoms with E-state index in [4.69, 9.17) is 30.3 Å². The van der Waals surface area contributed by atoms with E-state index in [0.717, 1.165) is 13.1 Å². The molecule has 1 fully saturated rings. The van der Waals surface area contributed by atoms with E-state index in [0.29, 0.717) is 6.54 Å². The predicted molar refractivity (Wildman–Crippen MR) is 59.0 cm³/mol. The van der Waals surface area contributed by atoms with E-state index in [1.165, 1.54) is 0 Å². The van der Waals surface area contributed by atoms with Crippen LogP contribution in [0.5, 0.6) is 0 Å². The maximum atomic E-state index is 10.6. The van der Waals surface area contributed by atoms with Gasteiger partial charge in [0.1, 0.15) is 5.60 Å². The number of aliphatic carboxylic acids is 2. The third kappa shape index (κ3) is 9.36. The van der Waals surface area contributed by atoms with Gasteiger partial charge in [-0.3, -0.25) is 0 Å². The minimum atomic E-state index is -5.08. The lowest BCUT2D eigenvalue weighted by molar-refractivity contribution is -0.193. The SMILES string of the molecule is COC1(CN)CNC1.O=C(O)C(F)(F)F.O=C(O)C(F)(F)F. The average Bonchev–Trinajstić information content (AvgIpc) is 2.28. The Morgan fingerprint density at radius 2 is 1.36 bits per heavy atom. The third-order valence-corrected chi connectivity index (χ3v) is 2.18. The zero-order chi connectivity index (χ0) is 18.2. The van der Waals surface area contributed by atoms with Gasteiger partial charge >= 0.3 is 24.3 Å². The molecular formula is C9H14F6N2O5. The molecule has 0 aliphatic carbocycles. The first kappa shape index (κ1) is 22.7. The molecule has 13 heteroatoms. The molecule has 1 aliphatic rings. The second-order valence-corrected chi connectivity index (χ2v) is 3.80. The topological polar surface area (TPSA) is 122 Å². The molecule has 0 unspecified atom stereocenters. The predicted octanol–water partition coefficient (Wildman–Crippen LogP) is 0.200. The molecule has 132 valence electrons. The van der Waals surface area contributed by atoms with Crippen molar-refractivity contribution in [1.29, 1.82) is 0 Å². The fraction of sp³-hybridized carbons (Fsp3) is 0.778. The van der Waals surface area contributed by atoms with Crippen molar-refractivity contribution in [3.63, 3.8) is 0 Å². The van der Waals surface area contributed by atoms with Crippen LogP contribution in [0.4, 0.5) is 26.3 Å². The third-order valence-electron chi connectivity index (χ3n) is 2.18. The summed E-state index contributed by atoms with van der Waals surface area (Å²) in [6.45, 7) is 2.43. The number of rotatable bonds is 2. The highest BCUT2D eigenvalue weighted by atomic mass is 19.4. The Balaban J connectivity index is 0. The lowest BCUT2D eigenvalue weighted by atomic mass is 9.98. The van der Waals surface area contributed by atoms with E-state index in [2.05, 4.69) is 5.32 Å². The number of halogens is 6. The molecule has 7 nitrogen and oxygen atoms in total. The van der Waals surface area contributed by atoms with Gasteiger partial charge in [-0.25, -0.2) is 9.59 Å². The zero-order valence-electron chi connectivity index (χ0n) is 11.1. The Kier molecular flexibility index (Phi) is 9.02. The fourth-order valence-corrected chi connectivity index (χ4v) is 0.776. The molecule has 0 radical (unpaired) electrons. The lowest BCUT2D eigenvalue weighted by Crippen LogP contribution is -2.64. The van der Waals surface area contributed by atoms with Crippen molar-refractivity contribution in [2.75, 3.05) is 26.7 Å². The van der Waals surface area contributed by atoms with Crippen LogP contribution in [0, 0.1) is 0 Å². The van der Waals surface area contributed by atoms with E-state index in [1.807, 2.05) is 0 Å². The Morgan fingerprint density at radius 1 is 1.09 bits per heavy atom. The summed E-state index contributed by atoms with van der Waals surface area (Å²) < 4.78 is 68.6. The molecule has 0 saturated carbocycles. The Bertz CT molecular complexity index is 329. The van der Waals surface area contributed by atoms with Crippen LogP contribution in [0.3, 0.4) is 0 Å². The highest BCUT2D eigenvalue weighted by Crippen LogP contribution is 2.14. The van der Waals surface area contributed by atoms with Crippen LogP contribution in [0.15, 0.2) is 0 Å². The van der Waals surface area contributed by atoms with Crippen LogP contribution in [-0.4, -0.2) is 66.8 Å². The van der Waals surface area contributed by atoms with Gasteiger partial charge in [0.15, 0.2) is 0 Å². The van der Waals surface area contributed by atoms with Crippen molar-refractivity contribution in [1.82, 2.24) is 5.32 Å². The minimum absolute atomic E-state index is 0.0278. The lowest BCUT2D eigenvalue weighted by Gasteiger charge is -2.40. The monoisotopic (exact) mass is 344 g/mol. The second-order valence-electron chi connectivity index (χ2n) is 3.80. The molecule has 1 aliphatic heterocycles. The Labute approximate surface area is 120 Å². The molecule has 0 aromatic rings. The summed E-state index contributed by atoms with van der Waals surface area (Å²) in [4.78, 5) is 17.8. The van der Waals surface area contributed by atoms with E-state index in [1.54, 1.807) is 7.11 Å². The molecule has 1 heterocycles. The summed E-state index contributed by atoms with van der Waals surface area (Å²) in [7, 11) is 1.70. The molecule has 5 N–H and O–H groups in total. The number of carboxylic acid groups (broad SMARTS) is 2. The highest BCUT2D eigenvalue weighted by molar-refractivity contribution is 5.73. The van der Waals surface area contributed by atoms with Crippen LogP contribution in [0.25, 0.3) is 0 Å². The van der Waals surface area contributed by atoms with Crippen molar-refractivity contribution >= 4 is 11.9 Å². The zero-order valence-corrected chi connectivity index (χ0v) is 11.1. The van der Waals surface area contributed by atoms with E-state index >= 15 is 0 Å². The molecule has 0 atom stereocenters. The number of hydrogen-bond donors (Lipinski definition) is 4. The van der Waals surface area contributed by atoms with Gasteiger partial charge in [-0.2, -0.15) is 26.3 Å². The van der Waals surface area contributed by atoms with Gasteiger partial charge in [0.25, 0.3) is 0 Å². The van der Waals surface area contributed by atoms with Gasteiger partial charge in [0.05, 0.1) is 0 Å². The van der Waals surface area contributed by atoms with Crippen LogP contribution < -0.4 is 11.1 Å². The van der Waals surface area contributed by atoms with Gasteiger partial charge < -0.3 is 26.0 Å².